The van der Waals surface area contributed by atoms with E-state index >= 15 is 0 Å². The molecule has 2 amide bonds. The molecule has 5 nitrogen and oxygen atoms in total. The van der Waals surface area contributed by atoms with Crippen LogP contribution in [0.3, 0.4) is 0 Å². The van der Waals surface area contributed by atoms with E-state index in [0.29, 0.717) is 6.54 Å². The maximum atomic E-state index is 12.2. The van der Waals surface area contributed by atoms with Gasteiger partial charge in [0.2, 0.25) is 0 Å². The highest BCUT2D eigenvalue weighted by Gasteiger charge is 2.39. The first-order valence-corrected chi connectivity index (χ1v) is 8.75. The van der Waals surface area contributed by atoms with Crippen LogP contribution in [-0.4, -0.2) is 28.8 Å². The summed E-state index contributed by atoms with van der Waals surface area (Å²) in [7, 11) is 0. The van der Waals surface area contributed by atoms with Crippen molar-refractivity contribution in [1.82, 2.24) is 15.6 Å². The van der Waals surface area contributed by atoms with Gasteiger partial charge in [0.05, 0.1) is 6.61 Å². The number of amides is 2. The number of pyridine rings is 1. The molecule has 25 heavy (non-hydrogen) atoms. The lowest BCUT2D eigenvalue weighted by atomic mass is 9.86. The zero-order chi connectivity index (χ0) is 17.7. The molecule has 2 atom stereocenters. The number of urea groups is 1. The summed E-state index contributed by atoms with van der Waals surface area (Å²) in [5, 5.41) is 15.5. The minimum atomic E-state index is -0.206. The molecule has 0 radical (unpaired) electrons. The topological polar surface area (TPSA) is 74.2 Å². The summed E-state index contributed by atoms with van der Waals surface area (Å²) in [6.07, 6.45) is 6.50. The van der Waals surface area contributed by atoms with Gasteiger partial charge in [-0.2, -0.15) is 0 Å². The van der Waals surface area contributed by atoms with Crippen molar-refractivity contribution in [3.05, 3.63) is 54.4 Å². The van der Waals surface area contributed by atoms with E-state index in [1.165, 1.54) is 0 Å². The maximum absolute atomic E-state index is 12.2. The molecule has 1 heterocycles. The van der Waals surface area contributed by atoms with Crippen LogP contribution in [0.15, 0.2) is 48.8 Å². The molecule has 1 aromatic carbocycles. The normalized spacial score (nSPS) is 22.6. The monoisotopic (exact) mass is 339 g/mol. The van der Waals surface area contributed by atoms with Crippen LogP contribution in [0.1, 0.15) is 31.7 Å². The highest BCUT2D eigenvalue weighted by Crippen LogP contribution is 2.37. The Morgan fingerprint density at radius 2 is 2.08 bits per heavy atom. The van der Waals surface area contributed by atoms with Gasteiger partial charge in [0.1, 0.15) is 0 Å². The van der Waals surface area contributed by atoms with Crippen molar-refractivity contribution in [3.63, 3.8) is 0 Å². The van der Waals surface area contributed by atoms with E-state index in [-0.39, 0.29) is 24.1 Å². The number of carbonyl (C=O) groups is 1. The smallest absolute Gasteiger partial charge is 0.315 e. The van der Waals surface area contributed by atoms with Crippen LogP contribution < -0.4 is 10.6 Å². The standard InChI is InChI=1S/C20H25N3O2/c1-20(14-24)10-2-5-18(20)23-19(25)22-12-15-6-8-16(9-7-15)17-4-3-11-21-13-17/h3-4,6-9,11,13,18,24H,2,5,10,12,14H2,1H3,(H2,22,23,25). The molecule has 0 aliphatic heterocycles. The largest absolute Gasteiger partial charge is 0.396 e. The summed E-state index contributed by atoms with van der Waals surface area (Å²) < 4.78 is 0. The Labute approximate surface area is 148 Å². The van der Waals surface area contributed by atoms with Crippen molar-refractivity contribution in [2.24, 2.45) is 5.41 Å². The zero-order valence-electron chi connectivity index (χ0n) is 14.5. The summed E-state index contributed by atoms with van der Waals surface area (Å²) in [5.41, 5.74) is 3.01. The lowest BCUT2D eigenvalue weighted by molar-refractivity contribution is 0.121. The average Bonchev–Trinajstić information content (AvgIpc) is 3.02. The summed E-state index contributed by atoms with van der Waals surface area (Å²) in [5.74, 6) is 0. The Hall–Kier alpha value is -2.40. The Morgan fingerprint density at radius 3 is 2.76 bits per heavy atom. The molecule has 3 N–H and O–H groups in total. The minimum Gasteiger partial charge on any atom is -0.396 e. The zero-order valence-corrected chi connectivity index (χ0v) is 14.5. The van der Waals surface area contributed by atoms with Gasteiger partial charge in [-0.25, -0.2) is 4.79 Å². The molecule has 1 saturated carbocycles. The van der Waals surface area contributed by atoms with Crippen molar-refractivity contribution in [2.75, 3.05) is 6.61 Å². The van der Waals surface area contributed by atoms with E-state index in [1.807, 2.05) is 49.5 Å². The van der Waals surface area contributed by atoms with E-state index in [4.69, 9.17) is 0 Å². The molecule has 0 bridgehead atoms. The van der Waals surface area contributed by atoms with Crippen LogP contribution in [0.25, 0.3) is 11.1 Å². The van der Waals surface area contributed by atoms with Crippen molar-refractivity contribution < 1.29 is 9.90 Å². The SMILES string of the molecule is CC1(CO)CCCC1NC(=O)NCc1ccc(-c2cccnc2)cc1. The second kappa shape index (κ2) is 7.66. The number of hydrogen-bond acceptors (Lipinski definition) is 3. The van der Waals surface area contributed by atoms with Crippen molar-refractivity contribution in [2.45, 2.75) is 38.8 Å². The van der Waals surface area contributed by atoms with Crippen LogP contribution in [0.2, 0.25) is 0 Å². The summed E-state index contributed by atoms with van der Waals surface area (Å²) in [6.45, 7) is 2.61. The van der Waals surface area contributed by atoms with Crippen LogP contribution in [0.5, 0.6) is 0 Å². The fourth-order valence-corrected chi connectivity index (χ4v) is 3.41. The summed E-state index contributed by atoms with van der Waals surface area (Å²) in [6, 6.07) is 11.9. The van der Waals surface area contributed by atoms with Gasteiger partial charge in [-0.1, -0.05) is 43.7 Å². The van der Waals surface area contributed by atoms with Crippen molar-refractivity contribution in [3.8, 4) is 11.1 Å². The Morgan fingerprint density at radius 1 is 1.28 bits per heavy atom. The van der Waals surface area contributed by atoms with E-state index in [0.717, 1.165) is 36.0 Å². The summed E-state index contributed by atoms with van der Waals surface area (Å²) >= 11 is 0. The molecular weight excluding hydrogens is 314 g/mol. The molecule has 2 aromatic rings. The number of rotatable bonds is 5. The number of nitrogens with one attached hydrogen (secondary N) is 2. The number of aromatic nitrogens is 1. The molecule has 5 heteroatoms. The molecule has 1 aliphatic carbocycles. The Bertz CT molecular complexity index is 703. The summed E-state index contributed by atoms with van der Waals surface area (Å²) in [4.78, 5) is 16.3. The molecule has 0 saturated heterocycles. The third kappa shape index (κ3) is 4.17. The number of aliphatic hydroxyl groups is 1. The molecular formula is C20H25N3O2. The van der Waals surface area contributed by atoms with E-state index < -0.39 is 0 Å². The van der Waals surface area contributed by atoms with Crippen molar-refractivity contribution >= 4 is 6.03 Å². The predicted octanol–water partition coefficient (Wildman–Crippen LogP) is 3.10. The van der Waals surface area contributed by atoms with Gasteiger partial charge < -0.3 is 15.7 Å². The molecule has 3 rings (SSSR count). The number of hydrogen-bond donors (Lipinski definition) is 3. The quantitative estimate of drug-likeness (QED) is 0.783. The van der Waals surface area contributed by atoms with Crippen LogP contribution in [0, 0.1) is 5.41 Å². The Balaban J connectivity index is 1.52. The maximum Gasteiger partial charge on any atom is 0.315 e. The number of carbonyl (C=O) groups excluding carboxylic acids is 1. The van der Waals surface area contributed by atoms with Gasteiger partial charge in [0.25, 0.3) is 0 Å². The predicted molar refractivity (Wildman–Crippen MR) is 97.9 cm³/mol. The highest BCUT2D eigenvalue weighted by molar-refractivity contribution is 5.74. The fraction of sp³-hybridized carbons (Fsp3) is 0.400. The lowest BCUT2D eigenvalue weighted by Crippen LogP contribution is -2.48. The van der Waals surface area contributed by atoms with Gasteiger partial charge in [-0.05, 0) is 35.6 Å². The molecule has 132 valence electrons. The molecule has 0 spiro atoms. The van der Waals surface area contributed by atoms with Crippen LogP contribution in [0.4, 0.5) is 4.79 Å². The molecule has 1 aliphatic rings. The lowest BCUT2D eigenvalue weighted by Gasteiger charge is -2.30. The molecule has 1 fully saturated rings. The second-order valence-corrected chi connectivity index (χ2v) is 7.02. The van der Waals surface area contributed by atoms with Crippen LogP contribution in [-0.2, 0) is 6.54 Å². The van der Waals surface area contributed by atoms with Gasteiger partial charge in [-0.15, -0.1) is 0 Å². The van der Waals surface area contributed by atoms with Crippen LogP contribution >= 0.6 is 0 Å². The third-order valence-corrected chi connectivity index (χ3v) is 5.15. The van der Waals surface area contributed by atoms with E-state index in [2.05, 4.69) is 15.6 Å². The third-order valence-electron chi connectivity index (χ3n) is 5.15. The number of benzene rings is 1. The molecule has 2 unspecified atom stereocenters. The number of aliphatic hydroxyl groups excluding tert-OH is 1. The molecule has 1 aromatic heterocycles. The Kier molecular flexibility index (Phi) is 5.34. The van der Waals surface area contributed by atoms with Gasteiger partial charge in [0.15, 0.2) is 0 Å². The fourth-order valence-electron chi connectivity index (χ4n) is 3.41. The second-order valence-electron chi connectivity index (χ2n) is 7.02. The van der Waals surface area contributed by atoms with Crippen molar-refractivity contribution in [1.29, 1.82) is 0 Å². The first-order valence-electron chi connectivity index (χ1n) is 8.75. The number of nitrogens with zero attached hydrogens (tertiary/aromatic N) is 1. The van der Waals surface area contributed by atoms with Gasteiger partial charge in [-0.3, -0.25) is 4.98 Å². The van der Waals surface area contributed by atoms with E-state index in [1.54, 1.807) is 6.20 Å². The average molecular weight is 339 g/mol. The van der Waals surface area contributed by atoms with Gasteiger partial charge >= 0.3 is 6.03 Å². The highest BCUT2D eigenvalue weighted by atomic mass is 16.3. The van der Waals surface area contributed by atoms with E-state index in [9.17, 15) is 9.90 Å². The first kappa shape index (κ1) is 17.4. The minimum absolute atomic E-state index is 0.0328. The van der Waals surface area contributed by atoms with Gasteiger partial charge in [0, 0.05) is 30.4 Å². The first-order chi connectivity index (χ1) is 12.1.